The van der Waals surface area contributed by atoms with Crippen molar-refractivity contribution >= 4 is 34.2 Å². The van der Waals surface area contributed by atoms with Crippen LogP contribution in [0.1, 0.15) is 21.7 Å². The van der Waals surface area contributed by atoms with Gasteiger partial charge in [-0.1, -0.05) is 18.2 Å². The van der Waals surface area contributed by atoms with Gasteiger partial charge in [0.15, 0.2) is 0 Å². The smallest absolute Gasteiger partial charge is 0.255 e. The van der Waals surface area contributed by atoms with Crippen LogP contribution in [0.4, 0.5) is 5.69 Å². The molecule has 3 rings (SSSR count). The van der Waals surface area contributed by atoms with Crippen LogP contribution in [0, 0.1) is 10.5 Å². The van der Waals surface area contributed by atoms with Gasteiger partial charge in [-0.25, -0.2) is 4.98 Å². The maximum atomic E-state index is 12.2. The number of nitrogens with one attached hydrogen (secondary N) is 1. The van der Waals surface area contributed by atoms with E-state index in [0.717, 1.165) is 21.6 Å². The molecule has 1 N–H and O–H groups in total. The molecule has 0 bridgehead atoms. The minimum absolute atomic E-state index is 0.0956. The molecule has 0 spiro atoms. The number of halogens is 1. The molecule has 5 heteroatoms. The van der Waals surface area contributed by atoms with E-state index in [2.05, 4.69) is 37.5 Å². The van der Waals surface area contributed by atoms with E-state index in [4.69, 9.17) is 0 Å². The lowest BCUT2D eigenvalue weighted by molar-refractivity contribution is 0.102. The Morgan fingerprint density at radius 3 is 2.65 bits per heavy atom. The third-order valence-corrected chi connectivity index (χ3v) is 4.25. The van der Waals surface area contributed by atoms with Crippen molar-refractivity contribution in [2.24, 2.45) is 0 Å². The first-order chi connectivity index (χ1) is 11.1. The molecule has 0 aliphatic heterocycles. The summed E-state index contributed by atoms with van der Waals surface area (Å²) in [6.07, 6.45) is 3.76. The zero-order valence-corrected chi connectivity index (χ0v) is 14.8. The second-order valence-corrected chi connectivity index (χ2v) is 6.51. The Morgan fingerprint density at radius 1 is 1.22 bits per heavy atom. The first-order valence-electron chi connectivity index (χ1n) is 7.25. The van der Waals surface area contributed by atoms with Gasteiger partial charge in [0.05, 0.1) is 0 Å². The highest BCUT2D eigenvalue weighted by Crippen LogP contribution is 2.14. The third-order valence-electron chi connectivity index (χ3n) is 3.58. The number of anilines is 1. The molecule has 1 heterocycles. The summed E-state index contributed by atoms with van der Waals surface area (Å²) in [5.41, 5.74) is 2.62. The van der Waals surface area contributed by atoms with Gasteiger partial charge in [0, 0.05) is 33.8 Å². The predicted molar refractivity (Wildman–Crippen MR) is 99.6 cm³/mol. The fourth-order valence-corrected chi connectivity index (χ4v) is 2.84. The molecule has 4 nitrogen and oxygen atoms in total. The fourth-order valence-electron chi connectivity index (χ4n) is 2.29. The van der Waals surface area contributed by atoms with E-state index in [-0.39, 0.29) is 5.91 Å². The summed E-state index contributed by atoms with van der Waals surface area (Å²) in [5, 5.41) is 2.92. The van der Waals surface area contributed by atoms with Crippen molar-refractivity contribution in [2.45, 2.75) is 13.5 Å². The zero-order valence-electron chi connectivity index (χ0n) is 12.7. The van der Waals surface area contributed by atoms with Crippen molar-refractivity contribution in [1.82, 2.24) is 9.55 Å². The Bertz CT molecular complexity index is 824. The van der Waals surface area contributed by atoms with Gasteiger partial charge >= 0.3 is 0 Å². The molecule has 1 amide bonds. The molecule has 0 unspecified atom stereocenters. The number of hydrogen-bond donors (Lipinski definition) is 1. The normalized spacial score (nSPS) is 10.5. The van der Waals surface area contributed by atoms with Gasteiger partial charge in [-0.05, 0) is 65.4 Å². The largest absolute Gasteiger partial charge is 0.331 e. The Balaban J connectivity index is 1.68. The Hall–Kier alpha value is -2.15. The average Bonchev–Trinajstić information content (AvgIpc) is 2.94. The summed E-state index contributed by atoms with van der Waals surface area (Å²) >= 11 is 2.20. The third kappa shape index (κ3) is 3.98. The number of nitrogens with zero attached hydrogens (tertiary/aromatic N) is 2. The molecule has 0 aliphatic rings. The van der Waals surface area contributed by atoms with E-state index in [1.807, 2.05) is 61.7 Å². The van der Waals surface area contributed by atoms with E-state index in [9.17, 15) is 4.79 Å². The van der Waals surface area contributed by atoms with Crippen molar-refractivity contribution in [3.63, 3.8) is 0 Å². The highest BCUT2D eigenvalue weighted by molar-refractivity contribution is 14.1. The summed E-state index contributed by atoms with van der Waals surface area (Å²) < 4.78 is 3.13. The predicted octanol–water partition coefficient (Wildman–Crippen LogP) is 4.10. The summed E-state index contributed by atoms with van der Waals surface area (Å²) in [4.78, 5) is 16.4. The van der Waals surface area contributed by atoms with Gasteiger partial charge in [0.1, 0.15) is 5.82 Å². The van der Waals surface area contributed by atoms with Crippen molar-refractivity contribution < 1.29 is 4.79 Å². The van der Waals surface area contributed by atoms with Crippen LogP contribution in [0.15, 0.2) is 60.9 Å². The number of imidazole rings is 1. The van der Waals surface area contributed by atoms with E-state index >= 15 is 0 Å². The number of aryl methyl sites for hydroxylation is 1. The first kappa shape index (κ1) is 15.7. The minimum atomic E-state index is -0.0956. The fraction of sp³-hybridized carbons (Fsp3) is 0.111. The molecule has 0 radical (unpaired) electrons. The van der Waals surface area contributed by atoms with Gasteiger partial charge in [0.2, 0.25) is 0 Å². The molecule has 0 atom stereocenters. The average molecular weight is 417 g/mol. The lowest BCUT2D eigenvalue weighted by atomic mass is 10.2. The molecule has 116 valence electrons. The standard InChI is InChI=1S/C18H16IN3O/c1-13-20-9-10-22(13)12-14-5-7-17(8-6-14)21-18(23)15-3-2-4-16(19)11-15/h2-11H,12H2,1H3,(H,21,23). The number of benzene rings is 2. The highest BCUT2D eigenvalue weighted by atomic mass is 127. The lowest BCUT2D eigenvalue weighted by Crippen LogP contribution is -2.12. The Kier molecular flexibility index (Phi) is 4.76. The van der Waals surface area contributed by atoms with Gasteiger partial charge in [0.25, 0.3) is 5.91 Å². The molecule has 0 saturated carbocycles. The summed E-state index contributed by atoms with van der Waals surface area (Å²) in [6.45, 7) is 2.76. The molecule has 3 aromatic rings. The number of amides is 1. The highest BCUT2D eigenvalue weighted by Gasteiger charge is 2.06. The topological polar surface area (TPSA) is 46.9 Å². The van der Waals surface area contributed by atoms with Crippen LogP contribution in [0.3, 0.4) is 0 Å². The maximum Gasteiger partial charge on any atom is 0.255 e. The van der Waals surface area contributed by atoms with Gasteiger partial charge in [-0.3, -0.25) is 4.79 Å². The molecule has 0 fully saturated rings. The molecule has 23 heavy (non-hydrogen) atoms. The Labute approximate surface area is 148 Å². The number of carbonyl (C=O) groups excluding carboxylic acids is 1. The second kappa shape index (κ2) is 6.95. The molecular formula is C18H16IN3O. The number of rotatable bonds is 4. The second-order valence-electron chi connectivity index (χ2n) is 5.26. The SMILES string of the molecule is Cc1nccn1Cc1ccc(NC(=O)c2cccc(I)c2)cc1. The van der Waals surface area contributed by atoms with Crippen LogP contribution in [0.25, 0.3) is 0 Å². The quantitative estimate of drug-likeness (QED) is 0.650. The molecule has 2 aromatic carbocycles. The van der Waals surface area contributed by atoms with Gasteiger partial charge in [-0.15, -0.1) is 0 Å². The van der Waals surface area contributed by atoms with Crippen molar-refractivity contribution in [2.75, 3.05) is 5.32 Å². The lowest BCUT2D eigenvalue weighted by Gasteiger charge is -2.08. The van der Waals surface area contributed by atoms with E-state index in [1.165, 1.54) is 5.56 Å². The molecular weight excluding hydrogens is 401 g/mol. The monoisotopic (exact) mass is 417 g/mol. The minimum Gasteiger partial charge on any atom is -0.331 e. The molecule has 1 aromatic heterocycles. The summed E-state index contributed by atoms with van der Waals surface area (Å²) in [7, 11) is 0. The van der Waals surface area contributed by atoms with Crippen molar-refractivity contribution in [3.8, 4) is 0 Å². The van der Waals surface area contributed by atoms with Gasteiger partial charge < -0.3 is 9.88 Å². The number of hydrogen-bond acceptors (Lipinski definition) is 2. The summed E-state index contributed by atoms with van der Waals surface area (Å²) in [5.74, 6) is 0.891. The van der Waals surface area contributed by atoms with E-state index in [0.29, 0.717) is 5.56 Å². The van der Waals surface area contributed by atoms with Crippen molar-refractivity contribution in [3.05, 3.63) is 81.4 Å². The van der Waals surface area contributed by atoms with Crippen molar-refractivity contribution in [1.29, 1.82) is 0 Å². The van der Waals surface area contributed by atoms with Crippen LogP contribution in [-0.2, 0) is 6.54 Å². The molecule has 0 saturated heterocycles. The summed E-state index contributed by atoms with van der Waals surface area (Å²) in [6, 6.07) is 15.4. The molecule has 0 aliphatic carbocycles. The van der Waals surface area contributed by atoms with Gasteiger partial charge in [-0.2, -0.15) is 0 Å². The first-order valence-corrected chi connectivity index (χ1v) is 8.33. The van der Waals surface area contributed by atoms with Crippen LogP contribution in [0.5, 0.6) is 0 Å². The maximum absolute atomic E-state index is 12.2. The Morgan fingerprint density at radius 2 is 2.00 bits per heavy atom. The van der Waals surface area contributed by atoms with Crippen LogP contribution in [0.2, 0.25) is 0 Å². The van der Waals surface area contributed by atoms with Crippen LogP contribution >= 0.6 is 22.6 Å². The number of aromatic nitrogens is 2. The van der Waals surface area contributed by atoms with E-state index < -0.39 is 0 Å². The van der Waals surface area contributed by atoms with E-state index in [1.54, 1.807) is 6.20 Å². The van der Waals surface area contributed by atoms with Crippen LogP contribution in [-0.4, -0.2) is 15.5 Å². The zero-order chi connectivity index (χ0) is 16.2. The number of carbonyl (C=O) groups is 1. The van der Waals surface area contributed by atoms with Crippen LogP contribution < -0.4 is 5.32 Å².